The van der Waals surface area contributed by atoms with Crippen LogP contribution in [0.1, 0.15) is 32.1 Å². The van der Waals surface area contributed by atoms with Crippen molar-refractivity contribution in [2.45, 2.75) is 50.8 Å². The summed E-state index contributed by atoms with van der Waals surface area (Å²) in [6, 6.07) is 0.369. The van der Waals surface area contributed by atoms with Gasteiger partial charge in [-0.15, -0.1) is 0 Å². The molecular formula is C12H21N3O2. The molecule has 3 N–H and O–H groups in total. The molecule has 0 bridgehead atoms. The van der Waals surface area contributed by atoms with Gasteiger partial charge in [0.25, 0.3) is 0 Å². The maximum Gasteiger partial charge on any atom is 0.325 e. The molecule has 0 atom stereocenters. The van der Waals surface area contributed by atoms with Gasteiger partial charge in [0.2, 0.25) is 0 Å². The molecule has 1 saturated carbocycles. The molecule has 96 valence electrons. The number of rotatable bonds is 5. The predicted octanol–water partition coefficient (Wildman–Crippen LogP) is 0.853. The first kappa shape index (κ1) is 12.4. The first-order valence-electron chi connectivity index (χ1n) is 6.36. The van der Waals surface area contributed by atoms with E-state index in [1.807, 2.05) is 0 Å². The summed E-state index contributed by atoms with van der Waals surface area (Å²) in [6.07, 6.45) is 8.96. The summed E-state index contributed by atoms with van der Waals surface area (Å²) in [5, 5.41) is 0. The van der Waals surface area contributed by atoms with Crippen LogP contribution in [-0.2, 0) is 11.3 Å². The Hall–Kier alpha value is -1.07. The molecule has 1 aliphatic rings. The average Bonchev–Trinajstić information content (AvgIpc) is 2.73. The van der Waals surface area contributed by atoms with Crippen molar-refractivity contribution in [2.75, 3.05) is 6.61 Å². The molecule has 0 spiro atoms. The molecule has 1 fully saturated rings. The Bertz CT molecular complexity index is 377. The second-order valence-corrected chi connectivity index (χ2v) is 4.72. The molecule has 0 aliphatic heterocycles. The van der Waals surface area contributed by atoms with Crippen LogP contribution in [0.3, 0.4) is 0 Å². The number of nitrogens with one attached hydrogen (secondary N) is 1. The molecule has 5 nitrogen and oxygen atoms in total. The lowest BCUT2D eigenvalue weighted by Gasteiger charge is -2.26. The summed E-state index contributed by atoms with van der Waals surface area (Å²) in [4.78, 5) is 13.8. The minimum atomic E-state index is -0.0476. The fraction of sp³-hybridized carbons (Fsp3) is 0.750. The Balaban J connectivity index is 1.60. The van der Waals surface area contributed by atoms with E-state index in [-0.39, 0.29) is 5.69 Å². The van der Waals surface area contributed by atoms with Crippen LogP contribution in [0.4, 0.5) is 0 Å². The number of hydrogen-bond acceptors (Lipinski definition) is 3. The smallest absolute Gasteiger partial charge is 0.325 e. The fourth-order valence-electron chi connectivity index (χ4n) is 2.27. The molecule has 0 radical (unpaired) electrons. The average molecular weight is 239 g/mol. The Morgan fingerprint density at radius 3 is 2.82 bits per heavy atom. The number of nitrogens with two attached hydrogens (primary N) is 1. The molecule has 0 saturated heterocycles. The van der Waals surface area contributed by atoms with Crippen LogP contribution in [0.2, 0.25) is 0 Å². The maximum absolute atomic E-state index is 11.2. The third-order valence-corrected chi connectivity index (χ3v) is 3.34. The van der Waals surface area contributed by atoms with E-state index >= 15 is 0 Å². The van der Waals surface area contributed by atoms with E-state index in [0.717, 1.165) is 38.7 Å². The predicted molar refractivity (Wildman–Crippen MR) is 65.9 cm³/mol. The van der Waals surface area contributed by atoms with E-state index in [1.54, 1.807) is 17.0 Å². The molecule has 0 amide bonds. The monoisotopic (exact) mass is 239 g/mol. The summed E-state index contributed by atoms with van der Waals surface area (Å²) in [5.41, 5.74) is 5.79. The van der Waals surface area contributed by atoms with Crippen LogP contribution in [0.15, 0.2) is 17.2 Å². The van der Waals surface area contributed by atoms with Crippen molar-refractivity contribution in [2.24, 2.45) is 5.73 Å². The Kier molecular flexibility index (Phi) is 4.39. The van der Waals surface area contributed by atoms with E-state index in [1.165, 1.54) is 0 Å². The second-order valence-electron chi connectivity index (χ2n) is 4.72. The first-order chi connectivity index (χ1) is 8.25. The number of aryl methyl sites for hydroxylation is 1. The lowest BCUT2D eigenvalue weighted by atomic mass is 9.94. The molecule has 5 heteroatoms. The van der Waals surface area contributed by atoms with Crippen LogP contribution in [0.5, 0.6) is 0 Å². The van der Waals surface area contributed by atoms with Crippen molar-refractivity contribution in [1.29, 1.82) is 0 Å². The number of aromatic amines is 1. The van der Waals surface area contributed by atoms with Gasteiger partial charge in [-0.05, 0) is 32.1 Å². The van der Waals surface area contributed by atoms with E-state index in [4.69, 9.17) is 10.5 Å². The third kappa shape index (κ3) is 3.71. The van der Waals surface area contributed by atoms with Crippen LogP contribution in [0.25, 0.3) is 0 Å². The molecule has 1 aromatic heterocycles. The van der Waals surface area contributed by atoms with Gasteiger partial charge in [0.15, 0.2) is 0 Å². The van der Waals surface area contributed by atoms with Crippen LogP contribution >= 0.6 is 0 Å². The van der Waals surface area contributed by atoms with E-state index in [0.29, 0.717) is 18.7 Å². The Morgan fingerprint density at radius 1 is 1.41 bits per heavy atom. The topological polar surface area (TPSA) is 73.0 Å². The highest BCUT2D eigenvalue weighted by molar-refractivity contribution is 4.76. The highest BCUT2D eigenvalue weighted by atomic mass is 16.5. The minimum Gasteiger partial charge on any atom is -0.378 e. The quantitative estimate of drug-likeness (QED) is 0.748. The Labute approximate surface area is 101 Å². The van der Waals surface area contributed by atoms with E-state index in [9.17, 15) is 4.79 Å². The van der Waals surface area contributed by atoms with Crippen LogP contribution in [0, 0.1) is 0 Å². The van der Waals surface area contributed by atoms with Gasteiger partial charge in [-0.1, -0.05) is 0 Å². The number of nitrogens with zero attached hydrogens (tertiary/aromatic N) is 1. The highest BCUT2D eigenvalue weighted by Gasteiger charge is 2.18. The number of hydrogen-bond donors (Lipinski definition) is 2. The standard InChI is InChI=1S/C12H21N3O2/c13-10-2-4-11(5-3-10)17-9-1-7-15-8-6-14-12(15)16/h6,8,10-11H,1-5,7,9,13H2,(H,14,16). The van der Waals surface area contributed by atoms with E-state index < -0.39 is 0 Å². The minimum absolute atomic E-state index is 0.0476. The van der Waals surface area contributed by atoms with Gasteiger partial charge in [0.05, 0.1) is 6.10 Å². The number of ether oxygens (including phenoxy) is 1. The molecule has 0 aromatic carbocycles. The zero-order valence-electron chi connectivity index (χ0n) is 10.1. The van der Waals surface area contributed by atoms with Crippen molar-refractivity contribution in [3.8, 4) is 0 Å². The summed E-state index contributed by atoms with van der Waals surface area (Å²) in [6.45, 7) is 1.44. The van der Waals surface area contributed by atoms with Crippen molar-refractivity contribution >= 4 is 0 Å². The second kappa shape index (κ2) is 6.02. The fourth-order valence-corrected chi connectivity index (χ4v) is 2.27. The van der Waals surface area contributed by atoms with Gasteiger partial charge in [-0.25, -0.2) is 4.79 Å². The molecule has 1 aliphatic carbocycles. The molecule has 1 aromatic rings. The SMILES string of the molecule is NC1CCC(OCCCn2cc[nH]c2=O)CC1. The molecule has 1 heterocycles. The van der Waals surface area contributed by atoms with Crippen LogP contribution in [-0.4, -0.2) is 28.3 Å². The zero-order chi connectivity index (χ0) is 12.1. The summed E-state index contributed by atoms with van der Waals surface area (Å²) in [5.74, 6) is 0. The van der Waals surface area contributed by atoms with Gasteiger partial charge >= 0.3 is 5.69 Å². The molecule has 0 unspecified atom stereocenters. The van der Waals surface area contributed by atoms with Gasteiger partial charge in [0.1, 0.15) is 0 Å². The first-order valence-corrected chi connectivity index (χ1v) is 6.36. The lowest BCUT2D eigenvalue weighted by Crippen LogP contribution is -2.30. The van der Waals surface area contributed by atoms with Gasteiger partial charge in [0, 0.05) is 31.6 Å². The summed E-state index contributed by atoms with van der Waals surface area (Å²) >= 11 is 0. The normalized spacial score (nSPS) is 25.0. The molecular weight excluding hydrogens is 218 g/mol. The van der Waals surface area contributed by atoms with Crippen molar-refractivity contribution in [3.05, 3.63) is 22.9 Å². The highest BCUT2D eigenvalue weighted by Crippen LogP contribution is 2.19. The lowest BCUT2D eigenvalue weighted by molar-refractivity contribution is 0.0224. The van der Waals surface area contributed by atoms with Gasteiger partial charge in [-0.2, -0.15) is 0 Å². The number of aromatic nitrogens is 2. The van der Waals surface area contributed by atoms with Gasteiger partial charge < -0.3 is 15.5 Å². The number of imidazole rings is 1. The molecule has 2 rings (SSSR count). The van der Waals surface area contributed by atoms with Gasteiger partial charge in [-0.3, -0.25) is 4.57 Å². The zero-order valence-corrected chi connectivity index (χ0v) is 10.1. The summed E-state index contributed by atoms with van der Waals surface area (Å²) < 4.78 is 7.46. The van der Waals surface area contributed by atoms with E-state index in [2.05, 4.69) is 4.98 Å². The number of H-pyrrole nitrogens is 1. The maximum atomic E-state index is 11.2. The molecule has 17 heavy (non-hydrogen) atoms. The third-order valence-electron chi connectivity index (χ3n) is 3.34. The van der Waals surface area contributed by atoms with Crippen molar-refractivity contribution < 1.29 is 4.74 Å². The van der Waals surface area contributed by atoms with Crippen LogP contribution < -0.4 is 11.4 Å². The largest absolute Gasteiger partial charge is 0.378 e. The van der Waals surface area contributed by atoms with Crippen molar-refractivity contribution in [1.82, 2.24) is 9.55 Å². The summed E-state index contributed by atoms with van der Waals surface area (Å²) in [7, 11) is 0. The van der Waals surface area contributed by atoms with Crippen molar-refractivity contribution in [3.63, 3.8) is 0 Å². The Morgan fingerprint density at radius 2 is 2.18 bits per heavy atom.